The summed E-state index contributed by atoms with van der Waals surface area (Å²) in [6.07, 6.45) is 2.68. The van der Waals surface area contributed by atoms with E-state index in [0.29, 0.717) is 19.0 Å². The molecule has 3 N–H and O–H groups in total. The number of para-hydroxylation sites is 1. The number of nitrogens with zero attached hydrogens (tertiary/aromatic N) is 3. The van der Waals surface area contributed by atoms with E-state index < -0.39 is 0 Å². The molecular weight excluding hydrogens is 316 g/mol. The molecule has 2 unspecified atom stereocenters. The maximum Gasteiger partial charge on any atom is 0.145 e. The Morgan fingerprint density at radius 1 is 1.28 bits per heavy atom. The number of hydrogen-bond acceptors (Lipinski definition) is 6. The molecule has 1 aliphatic heterocycles. The van der Waals surface area contributed by atoms with Crippen LogP contribution in [-0.4, -0.2) is 51.9 Å². The molecule has 2 atom stereocenters. The molecule has 2 aromatic rings. The Hall–Kier alpha value is -1.76. The summed E-state index contributed by atoms with van der Waals surface area (Å²) in [5.41, 5.74) is 6.93. The van der Waals surface area contributed by atoms with Gasteiger partial charge in [0, 0.05) is 23.8 Å². The fourth-order valence-electron chi connectivity index (χ4n) is 4.37. The largest absolute Gasteiger partial charge is 0.392 e. The van der Waals surface area contributed by atoms with Gasteiger partial charge in [0.1, 0.15) is 11.6 Å². The van der Waals surface area contributed by atoms with E-state index >= 15 is 0 Å². The molecule has 6 heteroatoms. The smallest absolute Gasteiger partial charge is 0.145 e. The fraction of sp³-hybridized carbons (Fsp3) is 0.579. The highest BCUT2D eigenvalue weighted by Crippen LogP contribution is 2.51. The lowest BCUT2D eigenvalue weighted by Crippen LogP contribution is -2.62. The standard InChI is InChI=1S/C19H26N4O2/c1-2-25-16-11-15(24)19(16)7-9-23(10-8-19)12-17-21-14-6-4-3-5-13(14)18(20)22-17/h3-6,15-16,24H,2,7-12H2,1H3,(H2,20,21,22). The van der Waals surface area contributed by atoms with Crippen LogP contribution in [0.3, 0.4) is 0 Å². The molecule has 25 heavy (non-hydrogen) atoms. The Balaban J connectivity index is 1.44. The second-order valence-corrected chi connectivity index (χ2v) is 7.25. The molecule has 0 amide bonds. The van der Waals surface area contributed by atoms with Crippen molar-refractivity contribution in [1.82, 2.24) is 14.9 Å². The van der Waals surface area contributed by atoms with Crippen molar-refractivity contribution in [2.75, 3.05) is 25.4 Å². The van der Waals surface area contributed by atoms with Gasteiger partial charge in [0.05, 0.1) is 24.3 Å². The summed E-state index contributed by atoms with van der Waals surface area (Å²) in [4.78, 5) is 11.5. The number of aromatic nitrogens is 2. The first-order chi connectivity index (χ1) is 12.1. The first-order valence-corrected chi connectivity index (χ1v) is 9.15. The second kappa shape index (κ2) is 6.52. The first kappa shape index (κ1) is 16.7. The zero-order valence-electron chi connectivity index (χ0n) is 14.7. The SMILES string of the molecule is CCOC1CC(O)C12CCN(Cc1nc(N)c3ccccc3n1)CC2. The van der Waals surface area contributed by atoms with E-state index in [1.807, 2.05) is 31.2 Å². The van der Waals surface area contributed by atoms with Crippen molar-refractivity contribution >= 4 is 16.7 Å². The molecule has 0 radical (unpaired) electrons. The summed E-state index contributed by atoms with van der Waals surface area (Å²) in [7, 11) is 0. The monoisotopic (exact) mass is 342 g/mol. The minimum atomic E-state index is -0.223. The molecule has 6 nitrogen and oxygen atoms in total. The molecule has 1 aromatic heterocycles. The van der Waals surface area contributed by atoms with Crippen LogP contribution in [0.15, 0.2) is 24.3 Å². The van der Waals surface area contributed by atoms with Gasteiger partial charge in [0.2, 0.25) is 0 Å². The summed E-state index contributed by atoms with van der Waals surface area (Å²) in [5, 5.41) is 11.2. The highest BCUT2D eigenvalue weighted by atomic mass is 16.5. The zero-order valence-corrected chi connectivity index (χ0v) is 14.7. The Kier molecular flexibility index (Phi) is 4.35. The first-order valence-electron chi connectivity index (χ1n) is 9.15. The lowest BCUT2D eigenvalue weighted by molar-refractivity contribution is -0.210. The zero-order chi connectivity index (χ0) is 17.4. The van der Waals surface area contributed by atoms with Gasteiger partial charge in [-0.15, -0.1) is 0 Å². The van der Waals surface area contributed by atoms with Crippen molar-refractivity contribution in [2.45, 2.75) is 44.9 Å². The summed E-state index contributed by atoms with van der Waals surface area (Å²) < 4.78 is 5.84. The summed E-state index contributed by atoms with van der Waals surface area (Å²) in [5.74, 6) is 1.31. The van der Waals surface area contributed by atoms with E-state index in [9.17, 15) is 5.11 Å². The fourth-order valence-corrected chi connectivity index (χ4v) is 4.37. The maximum absolute atomic E-state index is 10.3. The van der Waals surface area contributed by atoms with E-state index in [1.54, 1.807) is 0 Å². The maximum atomic E-state index is 10.3. The van der Waals surface area contributed by atoms with E-state index in [4.69, 9.17) is 10.5 Å². The number of rotatable bonds is 4. The number of piperidine rings is 1. The molecule has 1 saturated heterocycles. The van der Waals surface area contributed by atoms with Crippen LogP contribution < -0.4 is 5.73 Å². The third-order valence-electron chi connectivity index (χ3n) is 5.94. The highest BCUT2D eigenvalue weighted by molar-refractivity contribution is 5.87. The van der Waals surface area contributed by atoms with Crippen LogP contribution in [0.25, 0.3) is 10.9 Å². The molecule has 1 saturated carbocycles. The normalized spacial score (nSPS) is 26.0. The van der Waals surface area contributed by atoms with Crippen LogP contribution in [0.2, 0.25) is 0 Å². The van der Waals surface area contributed by atoms with Crippen molar-refractivity contribution in [3.8, 4) is 0 Å². The molecule has 1 aliphatic carbocycles. The van der Waals surface area contributed by atoms with Gasteiger partial charge in [-0.2, -0.15) is 0 Å². The number of aliphatic hydroxyl groups is 1. The van der Waals surface area contributed by atoms with Gasteiger partial charge in [-0.1, -0.05) is 12.1 Å². The molecule has 2 aliphatic rings. The number of nitrogen functional groups attached to an aromatic ring is 1. The Labute approximate surface area is 148 Å². The number of anilines is 1. The van der Waals surface area contributed by atoms with Gasteiger partial charge in [-0.3, -0.25) is 4.90 Å². The lowest BCUT2D eigenvalue weighted by atomic mass is 9.58. The van der Waals surface area contributed by atoms with Gasteiger partial charge in [0.15, 0.2) is 0 Å². The van der Waals surface area contributed by atoms with Crippen molar-refractivity contribution in [3.63, 3.8) is 0 Å². The van der Waals surface area contributed by atoms with Crippen molar-refractivity contribution in [3.05, 3.63) is 30.1 Å². The van der Waals surface area contributed by atoms with Crippen molar-refractivity contribution in [2.24, 2.45) is 5.41 Å². The minimum Gasteiger partial charge on any atom is -0.392 e. The Morgan fingerprint density at radius 3 is 2.76 bits per heavy atom. The van der Waals surface area contributed by atoms with Crippen LogP contribution in [0, 0.1) is 5.41 Å². The molecule has 2 fully saturated rings. The predicted octanol–water partition coefficient (Wildman–Crippen LogP) is 1.96. The quantitative estimate of drug-likeness (QED) is 0.884. The number of aliphatic hydroxyl groups excluding tert-OH is 1. The summed E-state index contributed by atoms with van der Waals surface area (Å²) in [6.45, 7) is 5.29. The summed E-state index contributed by atoms with van der Waals surface area (Å²) >= 11 is 0. The summed E-state index contributed by atoms with van der Waals surface area (Å²) in [6, 6.07) is 7.84. The third kappa shape index (κ3) is 2.88. The van der Waals surface area contributed by atoms with E-state index in [0.717, 1.165) is 49.1 Å². The molecule has 134 valence electrons. The topological polar surface area (TPSA) is 84.5 Å². The molecule has 1 spiro atoms. The van der Waals surface area contributed by atoms with Crippen LogP contribution in [0.1, 0.15) is 32.0 Å². The minimum absolute atomic E-state index is 0.0459. The molecule has 1 aromatic carbocycles. The van der Waals surface area contributed by atoms with Crippen molar-refractivity contribution in [1.29, 1.82) is 0 Å². The van der Waals surface area contributed by atoms with Crippen LogP contribution in [0.5, 0.6) is 0 Å². The number of hydrogen-bond donors (Lipinski definition) is 2. The van der Waals surface area contributed by atoms with Crippen LogP contribution in [0.4, 0.5) is 5.82 Å². The van der Waals surface area contributed by atoms with E-state index in [2.05, 4.69) is 14.9 Å². The predicted molar refractivity (Wildman–Crippen MR) is 96.9 cm³/mol. The number of likely N-dealkylation sites (tertiary alicyclic amines) is 1. The van der Waals surface area contributed by atoms with Gasteiger partial charge in [0.25, 0.3) is 0 Å². The molecule has 0 bridgehead atoms. The average Bonchev–Trinajstić information content (AvgIpc) is 2.62. The molecular formula is C19H26N4O2. The molecule has 2 heterocycles. The van der Waals surface area contributed by atoms with Crippen LogP contribution in [-0.2, 0) is 11.3 Å². The van der Waals surface area contributed by atoms with Gasteiger partial charge >= 0.3 is 0 Å². The number of nitrogens with two attached hydrogens (primary N) is 1. The van der Waals surface area contributed by atoms with Crippen molar-refractivity contribution < 1.29 is 9.84 Å². The third-order valence-corrected chi connectivity index (χ3v) is 5.94. The Morgan fingerprint density at radius 2 is 2.04 bits per heavy atom. The number of ether oxygens (including phenoxy) is 1. The Bertz CT molecular complexity index is 756. The number of benzene rings is 1. The van der Waals surface area contributed by atoms with Gasteiger partial charge in [-0.05, 0) is 45.0 Å². The lowest BCUT2D eigenvalue weighted by Gasteiger charge is -2.56. The second-order valence-electron chi connectivity index (χ2n) is 7.25. The number of fused-ring (bicyclic) bond motifs is 1. The average molecular weight is 342 g/mol. The van der Waals surface area contributed by atoms with Gasteiger partial charge < -0.3 is 15.6 Å². The van der Waals surface area contributed by atoms with E-state index in [1.165, 1.54) is 0 Å². The van der Waals surface area contributed by atoms with Gasteiger partial charge in [-0.25, -0.2) is 9.97 Å². The molecule has 4 rings (SSSR count). The van der Waals surface area contributed by atoms with Crippen LogP contribution >= 0.6 is 0 Å². The van der Waals surface area contributed by atoms with E-state index in [-0.39, 0.29) is 17.6 Å². The highest BCUT2D eigenvalue weighted by Gasteiger charge is 2.55.